The third kappa shape index (κ3) is 3.57. The second-order valence-electron chi connectivity index (χ2n) is 5.29. The molecule has 0 saturated heterocycles. The van der Waals surface area contributed by atoms with E-state index in [1.165, 1.54) is 19.1 Å². The summed E-state index contributed by atoms with van der Waals surface area (Å²) in [5.41, 5.74) is 0.620. The molecule has 0 atom stereocenters. The summed E-state index contributed by atoms with van der Waals surface area (Å²) in [6, 6.07) is 9.25. The first-order valence-corrected chi connectivity index (χ1v) is 9.52. The molecule has 0 amide bonds. The topological polar surface area (TPSA) is 78.9 Å². The van der Waals surface area contributed by atoms with Gasteiger partial charge in [-0.25, -0.2) is 13.2 Å². The Morgan fingerprint density at radius 1 is 1.24 bits per heavy atom. The van der Waals surface area contributed by atoms with E-state index < -0.39 is 15.8 Å². The zero-order valence-electron chi connectivity index (χ0n) is 13.3. The maximum absolute atomic E-state index is 12.3. The molecule has 0 N–H and O–H groups in total. The van der Waals surface area contributed by atoms with Crippen LogP contribution in [0.5, 0.6) is 11.5 Å². The van der Waals surface area contributed by atoms with Crippen molar-refractivity contribution in [3.63, 3.8) is 0 Å². The van der Waals surface area contributed by atoms with Gasteiger partial charge in [-0.05, 0) is 29.8 Å². The summed E-state index contributed by atoms with van der Waals surface area (Å²) in [6.45, 7) is 1.53. The minimum atomic E-state index is -3.53. The third-order valence-electron chi connectivity index (χ3n) is 3.68. The van der Waals surface area contributed by atoms with E-state index in [1.807, 2.05) is 0 Å². The molecular weight excluding hydrogens is 368 g/mol. The molecule has 0 fully saturated rings. The minimum Gasteiger partial charge on any atom is -0.457 e. The Morgan fingerprint density at radius 3 is 2.76 bits per heavy atom. The maximum Gasteiger partial charge on any atom is 0.339 e. The van der Waals surface area contributed by atoms with E-state index in [0.717, 1.165) is 0 Å². The fourth-order valence-electron chi connectivity index (χ4n) is 2.39. The van der Waals surface area contributed by atoms with E-state index in [0.29, 0.717) is 22.1 Å². The first-order valence-electron chi connectivity index (χ1n) is 7.49. The van der Waals surface area contributed by atoms with Gasteiger partial charge in [0.15, 0.2) is 21.3 Å². The number of sulfone groups is 1. The van der Waals surface area contributed by atoms with E-state index in [1.54, 1.807) is 24.3 Å². The lowest BCUT2D eigenvalue weighted by Gasteiger charge is -2.10. The summed E-state index contributed by atoms with van der Waals surface area (Å²) in [4.78, 5) is 12.3. The van der Waals surface area contributed by atoms with Crippen molar-refractivity contribution in [1.29, 1.82) is 0 Å². The summed E-state index contributed by atoms with van der Waals surface area (Å²) >= 11 is 6.09. The number of benzene rings is 2. The largest absolute Gasteiger partial charge is 0.457 e. The molecule has 132 valence electrons. The van der Waals surface area contributed by atoms with Gasteiger partial charge in [0.25, 0.3) is 0 Å². The van der Waals surface area contributed by atoms with Gasteiger partial charge in [-0.15, -0.1) is 0 Å². The van der Waals surface area contributed by atoms with Crippen molar-refractivity contribution in [1.82, 2.24) is 0 Å². The molecule has 8 heteroatoms. The number of hydrogen-bond donors (Lipinski definition) is 0. The highest BCUT2D eigenvalue weighted by Gasteiger charge is 2.22. The highest BCUT2D eigenvalue weighted by Crippen LogP contribution is 2.40. The van der Waals surface area contributed by atoms with Crippen LogP contribution in [0.3, 0.4) is 0 Å². The molecule has 6 nitrogen and oxygen atoms in total. The fourth-order valence-corrected chi connectivity index (χ4v) is 3.76. The fraction of sp³-hybridized carbons (Fsp3) is 0.235. The van der Waals surface area contributed by atoms with Crippen LogP contribution >= 0.6 is 11.6 Å². The predicted molar refractivity (Wildman–Crippen MR) is 90.9 cm³/mol. The van der Waals surface area contributed by atoms with E-state index in [2.05, 4.69) is 0 Å². The average molecular weight is 383 g/mol. The third-order valence-corrected chi connectivity index (χ3v) is 5.75. The van der Waals surface area contributed by atoms with Gasteiger partial charge < -0.3 is 14.2 Å². The van der Waals surface area contributed by atoms with Gasteiger partial charge in [-0.1, -0.05) is 30.7 Å². The summed E-state index contributed by atoms with van der Waals surface area (Å²) < 4.78 is 40.0. The number of rotatable bonds is 5. The van der Waals surface area contributed by atoms with Gasteiger partial charge in [-0.3, -0.25) is 0 Å². The van der Waals surface area contributed by atoms with Crippen molar-refractivity contribution in [2.45, 2.75) is 18.4 Å². The van der Waals surface area contributed by atoms with E-state index >= 15 is 0 Å². The summed E-state index contributed by atoms with van der Waals surface area (Å²) in [7, 11) is -3.53. The molecule has 1 heterocycles. The van der Waals surface area contributed by atoms with Crippen LogP contribution in [0.2, 0.25) is 5.02 Å². The van der Waals surface area contributed by atoms with Crippen LogP contribution in [-0.2, 0) is 21.2 Å². The van der Waals surface area contributed by atoms with Crippen LogP contribution in [-0.4, -0.2) is 26.9 Å². The Morgan fingerprint density at radius 2 is 2.00 bits per heavy atom. The second-order valence-corrected chi connectivity index (χ2v) is 7.94. The molecule has 0 unspecified atom stereocenters. The predicted octanol–water partition coefficient (Wildman–Crippen LogP) is 3.22. The monoisotopic (exact) mass is 382 g/mol. The lowest BCUT2D eigenvalue weighted by molar-refractivity contribution is 0.0468. The number of esters is 1. The smallest absolute Gasteiger partial charge is 0.339 e. The molecule has 1 aliphatic heterocycles. The zero-order valence-corrected chi connectivity index (χ0v) is 14.9. The van der Waals surface area contributed by atoms with Crippen LogP contribution in [0.25, 0.3) is 0 Å². The SMILES string of the molecule is CCS(=O)(=O)c1ccccc1C(=O)OCc1cc(Cl)c2c(c1)OCO2. The molecular formula is C17H15ClO6S. The normalized spacial score (nSPS) is 12.9. The lowest BCUT2D eigenvalue weighted by atomic mass is 10.2. The Kier molecular flexibility index (Phi) is 4.87. The van der Waals surface area contributed by atoms with Gasteiger partial charge >= 0.3 is 5.97 Å². The first kappa shape index (κ1) is 17.6. The zero-order chi connectivity index (χ0) is 18.0. The number of hydrogen-bond acceptors (Lipinski definition) is 6. The van der Waals surface area contributed by atoms with Gasteiger partial charge in [0.1, 0.15) is 6.61 Å². The quantitative estimate of drug-likeness (QED) is 0.739. The minimum absolute atomic E-state index is 0.0104. The molecule has 0 saturated carbocycles. The Labute approximate surface area is 150 Å². The highest BCUT2D eigenvalue weighted by atomic mass is 35.5. The number of carbonyl (C=O) groups excluding carboxylic acids is 1. The van der Waals surface area contributed by atoms with Crippen molar-refractivity contribution in [3.8, 4) is 11.5 Å². The molecule has 0 bridgehead atoms. The molecule has 1 aliphatic rings. The van der Waals surface area contributed by atoms with Crippen molar-refractivity contribution in [2.75, 3.05) is 12.5 Å². The summed E-state index contributed by atoms with van der Waals surface area (Å²) in [6.07, 6.45) is 0. The molecule has 0 radical (unpaired) electrons. The van der Waals surface area contributed by atoms with Crippen LogP contribution in [0.4, 0.5) is 0 Å². The van der Waals surface area contributed by atoms with Crippen molar-refractivity contribution >= 4 is 27.4 Å². The summed E-state index contributed by atoms with van der Waals surface area (Å²) in [5, 5.41) is 0.356. The molecule has 0 aliphatic carbocycles. The Hall–Kier alpha value is -2.25. The lowest BCUT2D eigenvalue weighted by Crippen LogP contribution is -2.13. The average Bonchev–Trinajstić information content (AvgIpc) is 3.09. The molecule has 2 aromatic rings. The first-order chi connectivity index (χ1) is 11.9. The van der Waals surface area contributed by atoms with Gasteiger partial charge in [-0.2, -0.15) is 0 Å². The van der Waals surface area contributed by atoms with Gasteiger partial charge in [0.05, 0.1) is 21.2 Å². The van der Waals surface area contributed by atoms with Gasteiger partial charge in [0, 0.05) is 0 Å². The van der Waals surface area contributed by atoms with Crippen LogP contribution in [0.1, 0.15) is 22.8 Å². The van der Waals surface area contributed by atoms with Gasteiger partial charge in [0.2, 0.25) is 6.79 Å². The van der Waals surface area contributed by atoms with E-state index in [9.17, 15) is 13.2 Å². The number of ether oxygens (including phenoxy) is 3. The summed E-state index contributed by atoms with van der Waals surface area (Å²) in [5.74, 6) is 0.111. The Balaban J connectivity index is 1.80. The molecule has 2 aromatic carbocycles. The number of fused-ring (bicyclic) bond motifs is 1. The number of halogens is 1. The standard InChI is InChI=1S/C17H15ClO6S/c1-2-25(20,21)15-6-4-3-5-12(15)17(19)22-9-11-7-13(18)16-14(8-11)23-10-24-16/h3-8H,2,9-10H2,1H3. The molecule has 3 rings (SSSR count). The maximum atomic E-state index is 12.3. The van der Waals surface area contributed by atoms with Crippen LogP contribution in [0.15, 0.2) is 41.3 Å². The van der Waals surface area contributed by atoms with Crippen molar-refractivity contribution in [3.05, 3.63) is 52.5 Å². The molecule has 0 aromatic heterocycles. The molecule has 0 spiro atoms. The highest BCUT2D eigenvalue weighted by molar-refractivity contribution is 7.91. The molecule has 25 heavy (non-hydrogen) atoms. The van der Waals surface area contributed by atoms with Crippen LogP contribution < -0.4 is 9.47 Å². The van der Waals surface area contributed by atoms with E-state index in [-0.39, 0.29) is 29.6 Å². The van der Waals surface area contributed by atoms with Crippen LogP contribution in [0, 0.1) is 0 Å². The van der Waals surface area contributed by atoms with E-state index in [4.69, 9.17) is 25.8 Å². The Bertz CT molecular complexity index is 923. The van der Waals surface area contributed by atoms with Crippen molar-refractivity contribution in [2.24, 2.45) is 0 Å². The van der Waals surface area contributed by atoms with Crippen molar-refractivity contribution < 1.29 is 27.4 Å². The second kappa shape index (κ2) is 6.93. The number of carbonyl (C=O) groups is 1.